The van der Waals surface area contributed by atoms with Crippen LogP contribution < -0.4 is 0 Å². The molecule has 0 unspecified atom stereocenters. The van der Waals surface area contributed by atoms with Crippen molar-refractivity contribution >= 4 is 5.91 Å². The molecule has 2 aromatic rings. The number of hydrogen-bond acceptors (Lipinski definition) is 8. The first kappa shape index (κ1) is 26.7. The van der Waals surface area contributed by atoms with Gasteiger partial charge in [-0.05, 0) is 36.4 Å². The fraction of sp³-hybridized carbons (Fsp3) is 0.577. The van der Waals surface area contributed by atoms with Gasteiger partial charge in [-0.15, -0.1) is 0 Å². The Morgan fingerprint density at radius 3 is 2.67 bits per heavy atom. The van der Waals surface area contributed by atoms with Crippen LogP contribution in [0.5, 0.6) is 0 Å². The van der Waals surface area contributed by atoms with Gasteiger partial charge < -0.3 is 28.6 Å². The van der Waals surface area contributed by atoms with Gasteiger partial charge >= 0.3 is 0 Å². The third-order valence-corrected chi connectivity index (χ3v) is 6.42. The molecule has 2 fully saturated rings. The van der Waals surface area contributed by atoms with E-state index in [2.05, 4.69) is 9.80 Å². The van der Waals surface area contributed by atoms with Gasteiger partial charge in [-0.1, -0.05) is 0 Å². The number of carbonyl (C=O) groups is 1. The summed E-state index contributed by atoms with van der Waals surface area (Å²) in [4.78, 5) is 19.5. The van der Waals surface area contributed by atoms with Crippen LogP contribution in [0.1, 0.15) is 16.1 Å². The second-order valence-electron chi connectivity index (χ2n) is 9.21. The quantitative estimate of drug-likeness (QED) is 0.464. The number of hydrogen-bond donors (Lipinski definition) is 1. The molecule has 0 saturated carbocycles. The van der Waals surface area contributed by atoms with Gasteiger partial charge in [0.15, 0.2) is 0 Å². The van der Waals surface area contributed by atoms with Gasteiger partial charge in [0.25, 0.3) is 5.91 Å². The lowest BCUT2D eigenvalue weighted by atomic mass is 10.1. The molecule has 9 nitrogen and oxygen atoms in total. The van der Waals surface area contributed by atoms with Gasteiger partial charge in [-0.25, -0.2) is 4.39 Å². The molecule has 4 rings (SSSR count). The zero-order chi connectivity index (χ0) is 25.2. The van der Waals surface area contributed by atoms with Crippen molar-refractivity contribution in [2.24, 2.45) is 0 Å². The summed E-state index contributed by atoms with van der Waals surface area (Å²) in [6.07, 6.45) is 0.759. The first-order chi connectivity index (χ1) is 17.6. The van der Waals surface area contributed by atoms with Gasteiger partial charge in [-0.3, -0.25) is 14.6 Å². The summed E-state index contributed by atoms with van der Waals surface area (Å²) >= 11 is 0. The lowest BCUT2D eigenvalue weighted by Crippen LogP contribution is -2.52. The van der Waals surface area contributed by atoms with Crippen molar-refractivity contribution in [2.75, 3.05) is 78.8 Å². The largest absolute Gasteiger partial charge is 0.467 e. The van der Waals surface area contributed by atoms with Crippen molar-refractivity contribution in [1.82, 2.24) is 14.7 Å². The summed E-state index contributed by atoms with van der Waals surface area (Å²) in [5, 5.41) is 10.4. The molecule has 1 aromatic heterocycles. The van der Waals surface area contributed by atoms with Gasteiger partial charge in [0.05, 0.1) is 44.9 Å². The molecule has 2 saturated heterocycles. The fourth-order valence-electron chi connectivity index (χ4n) is 4.48. The second kappa shape index (κ2) is 13.8. The van der Waals surface area contributed by atoms with Crippen LogP contribution in [0.4, 0.5) is 4.39 Å². The van der Waals surface area contributed by atoms with Crippen molar-refractivity contribution in [3.05, 3.63) is 59.8 Å². The Balaban J connectivity index is 1.29. The predicted octanol–water partition coefficient (Wildman–Crippen LogP) is 1.47. The van der Waals surface area contributed by atoms with E-state index in [1.165, 1.54) is 24.3 Å². The number of β-amino-alcohol motifs (C(OH)–C–C–N with tert-alkyl or cyclic N) is 1. The molecule has 1 aromatic carbocycles. The minimum Gasteiger partial charge on any atom is -0.467 e. The third-order valence-electron chi connectivity index (χ3n) is 6.42. The summed E-state index contributed by atoms with van der Waals surface area (Å²) < 4.78 is 35.6. The molecule has 0 radical (unpaired) electrons. The number of aliphatic hydroxyl groups is 1. The maximum atomic E-state index is 13.4. The highest BCUT2D eigenvalue weighted by Gasteiger charge is 2.27. The number of nitrogens with zero attached hydrogens (tertiary/aromatic N) is 3. The monoisotopic (exact) mass is 505 g/mol. The highest BCUT2D eigenvalue weighted by molar-refractivity contribution is 5.94. The molecule has 2 aliphatic rings. The highest BCUT2D eigenvalue weighted by Crippen LogP contribution is 2.13. The Hall–Kier alpha value is -2.34. The summed E-state index contributed by atoms with van der Waals surface area (Å²) in [5.41, 5.74) is 0.454. The predicted molar refractivity (Wildman–Crippen MR) is 130 cm³/mol. The molecule has 0 bridgehead atoms. The normalized spacial score (nSPS) is 20.3. The van der Waals surface area contributed by atoms with E-state index in [1.807, 2.05) is 6.07 Å². The van der Waals surface area contributed by atoms with E-state index in [0.717, 1.165) is 25.4 Å². The molecule has 10 heteroatoms. The number of carbonyl (C=O) groups excluding carboxylic acids is 1. The zero-order valence-electron chi connectivity index (χ0n) is 20.6. The molecular formula is C26H36FN3O6. The van der Waals surface area contributed by atoms with Gasteiger partial charge in [0, 0.05) is 57.9 Å². The van der Waals surface area contributed by atoms with E-state index < -0.39 is 6.10 Å². The maximum absolute atomic E-state index is 13.4. The van der Waals surface area contributed by atoms with Crippen molar-refractivity contribution in [2.45, 2.75) is 18.8 Å². The minimum absolute atomic E-state index is 0.143. The molecule has 198 valence electrons. The minimum atomic E-state index is -0.642. The number of amides is 1. The van der Waals surface area contributed by atoms with Crippen molar-refractivity contribution in [3.8, 4) is 0 Å². The maximum Gasteiger partial charge on any atom is 0.253 e. The summed E-state index contributed by atoms with van der Waals surface area (Å²) in [6, 6.07) is 9.28. The average molecular weight is 506 g/mol. The van der Waals surface area contributed by atoms with Crippen molar-refractivity contribution < 1.29 is 32.9 Å². The van der Waals surface area contributed by atoms with Crippen LogP contribution in [0.25, 0.3) is 0 Å². The van der Waals surface area contributed by atoms with Crippen LogP contribution in [0.3, 0.4) is 0 Å². The SMILES string of the molecule is O=C(c1ccc(F)cc1)N(CCN1CCOCC1)C[C@H]1CN(C[C@@H](O)COCc2ccco2)CCO1. The van der Waals surface area contributed by atoms with Gasteiger partial charge in [0.1, 0.15) is 18.2 Å². The number of aliphatic hydroxyl groups excluding tert-OH is 1. The summed E-state index contributed by atoms with van der Waals surface area (Å²) in [7, 11) is 0. The summed E-state index contributed by atoms with van der Waals surface area (Å²) in [5.74, 6) is 0.205. The lowest BCUT2D eigenvalue weighted by molar-refractivity contribution is -0.0610. The standard InChI is InChI=1S/C26H36FN3O6/c27-22-5-3-21(4-6-22)26(32)30(8-7-28-9-13-33-14-10-28)18-25-17-29(11-15-36-25)16-23(31)19-34-20-24-2-1-12-35-24/h1-6,12,23,25,31H,7-11,13-20H2/t23-,25-/m1/s1. The Kier molecular flexibility index (Phi) is 10.3. The van der Waals surface area contributed by atoms with Gasteiger partial charge in [0.2, 0.25) is 0 Å². The van der Waals surface area contributed by atoms with Crippen molar-refractivity contribution in [1.29, 1.82) is 0 Å². The highest BCUT2D eigenvalue weighted by atomic mass is 19.1. The lowest BCUT2D eigenvalue weighted by Gasteiger charge is -2.37. The number of rotatable bonds is 12. The molecule has 2 atom stereocenters. The number of halogens is 1. The fourth-order valence-corrected chi connectivity index (χ4v) is 4.48. The Morgan fingerprint density at radius 1 is 1.14 bits per heavy atom. The Morgan fingerprint density at radius 2 is 1.92 bits per heavy atom. The average Bonchev–Trinajstić information content (AvgIpc) is 3.41. The second-order valence-corrected chi connectivity index (χ2v) is 9.21. The third kappa shape index (κ3) is 8.36. The van der Waals surface area contributed by atoms with Crippen molar-refractivity contribution in [3.63, 3.8) is 0 Å². The van der Waals surface area contributed by atoms with E-state index in [4.69, 9.17) is 18.6 Å². The Labute approximate surface area is 211 Å². The van der Waals surface area contributed by atoms with E-state index in [1.54, 1.807) is 17.2 Å². The smallest absolute Gasteiger partial charge is 0.253 e. The molecule has 1 N–H and O–H groups in total. The van der Waals surface area contributed by atoms with Crippen LogP contribution in [0, 0.1) is 5.82 Å². The molecule has 0 spiro atoms. The van der Waals surface area contributed by atoms with Crippen LogP contribution in [-0.2, 0) is 20.8 Å². The number of benzene rings is 1. The molecule has 36 heavy (non-hydrogen) atoms. The molecular weight excluding hydrogens is 469 g/mol. The Bertz CT molecular complexity index is 907. The first-order valence-electron chi connectivity index (χ1n) is 12.5. The molecule has 1 amide bonds. The number of ether oxygens (including phenoxy) is 3. The molecule has 3 heterocycles. The van der Waals surface area contributed by atoms with Crippen LogP contribution in [-0.4, -0.2) is 117 Å². The van der Waals surface area contributed by atoms with E-state index in [-0.39, 0.29) is 24.4 Å². The topological polar surface area (TPSA) is 87.9 Å². The van der Waals surface area contributed by atoms with E-state index in [9.17, 15) is 14.3 Å². The summed E-state index contributed by atoms with van der Waals surface area (Å²) in [6.45, 7) is 7.56. The van der Waals surface area contributed by atoms with Gasteiger partial charge in [-0.2, -0.15) is 0 Å². The van der Waals surface area contributed by atoms with E-state index in [0.29, 0.717) is 64.7 Å². The van der Waals surface area contributed by atoms with Crippen LogP contribution in [0.2, 0.25) is 0 Å². The molecule has 2 aliphatic heterocycles. The van der Waals surface area contributed by atoms with E-state index >= 15 is 0 Å². The first-order valence-corrected chi connectivity index (χ1v) is 12.5. The number of furan rings is 1. The number of morpholine rings is 2. The van der Waals surface area contributed by atoms with Crippen LogP contribution in [0.15, 0.2) is 47.1 Å². The zero-order valence-corrected chi connectivity index (χ0v) is 20.6. The van der Waals surface area contributed by atoms with Crippen LogP contribution >= 0.6 is 0 Å². The molecule has 0 aliphatic carbocycles.